The fourth-order valence-electron chi connectivity index (χ4n) is 4.52. The zero-order valence-electron chi connectivity index (χ0n) is 19.0. The first-order chi connectivity index (χ1) is 17.4. The normalized spacial score (nSPS) is 12.7. The molecule has 0 unspecified atom stereocenters. The Kier molecular flexibility index (Phi) is 4.75. The predicted octanol–water partition coefficient (Wildman–Crippen LogP) is 4.51. The summed E-state index contributed by atoms with van der Waals surface area (Å²) < 4.78 is 3.13. The Morgan fingerprint density at radius 2 is 1.83 bits per heavy atom. The number of non-ortho nitro benzene ring substituents is 1. The molecule has 1 aliphatic rings. The van der Waals surface area contributed by atoms with Gasteiger partial charge in [-0.1, -0.05) is 41.6 Å². The van der Waals surface area contributed by atoms with Gasteiger partial charge in [0, 0.05) is 23.1 Å². The average molecular weight is 478 g/mol. The highest BCUT2D eigenvalue weighted by Gasteiger charge is 2.31. The van der Waals surface area contributed by atoms with Gasteiger partial charge in [0.15, 0.2) is 0 Å². The zero-order chi connectivity index (χ0) is 25.0. The van der Waals surface area contributed by atoms with Crippen LogP contribution in [-0.2, 0) is 6.54 Å². The third kappa shape index (κ3) is 3.27. The van der Waals surface area contributed by atoms with E-state index < -0.39 is 4.92 Å². The van der Waals surface area contributed by atoms with E-state index in [0.29, 0.717) is 39.1 Å². The molecule has 0 fully saturated rings. The minimum Gasteiger partial charge on any atom is -0.494 e. The highest BCUT2D eigenvalue weighted by atomic mass is 16.6. The number of aromatic hydroxyl groups is 1. The molecule has 176 valence electrons. The predicted molar refractivity (Wildman–Crippen MR) is 132 cm³/mol. The van der Waals surface area contributed by atoms with E-state index in [1.54, 1.807) is 35.0 Å². The summed E-state index contributed by atoms with van der Waals surface area (Å²) in [5.74, 6) is -0.340. The summed E-state index contributed by atoms with van der Waals surface area (Å²) in [6.45, 7) is 1.99. The van der Waals surface area contributed by atoms with Crippen LogP contribution in [-0.4, -0.2) is 41.1 Å². The fraction of sp³-hybridized carbons (Fsp3) is 0.0769. The fourth-order valence-corrected chi connectivity index (χ4v) is 4.52. The maximum atomic E-state index is 13.1. The number of rotatable bonds is 5. The van der Waals surface area contributed by atoms with Crippen molar-refractivity contribution in [1.29, 1.82) is 0 Å². The smallest absolute Gasteiger partial charge is 0.271 e. The molecule has 3 aromatic carbocycles. The topological polar surface area (TPSA) is 128 Å². The molecule has 5 aromatic rings. The molecule has 6 rings (SSSR count). The number of hydrogen-bond acceptors (Lipinski definition) is 7. The molecule has 0 amide bonds. The Morgan fingerprint density at radius 3 is 2.64 bits per heavy atom. The summed E-state index contributed by atoms with van der Waals surface area (Å²) in [5, 5.41) is 31.6. The molecule has 10 nitrogen and oxygen atoms in total. The number of aromatic nitrogens is 4. The molecular weight excluding hydrogens is 460 g/mol. The van der Waals surface area contributed by atoms with Gasteiger partial charge in [-0.15, -0.1) is 5.10 Å². The van der Waals surface area contributed by atoms with Crippen LogP contribution < -0.4 is 0 Å². The molecule has 0 aliphatic carbocycles. The maximum Gasteiger partial charge on any atom is 0.271 e. The molecule has 0 atom stereocenters. The van der Waals surface area contributed by atoms with Crippen molar-refractivity contribution < 1.29 is 14.8 Å². The van der Waals surface area contributed by atoms with Crippen LogP contribution in [0.2, 0.25) is 0 Å². The van der Waals surface area contributed by atoms with E-state index in [-0.39, 0.29) is 29.6 Å². The molecule has 0 bridgehead atoms. The van der Waals surface area contributed by atoms with Crippen molar-refractivity contribution in [1.82, 2.24) is 19.6 Å². The van der Waals surface area contributed by atoms with Crippen LogP contribution in [0.15, 0.2) is 77.9 Å². The molecular formula is C26H18N6O4. The lowest BCUT2D eigenvalue weighted by Crippen LogP contribution is -2.11. The Bertz CT molecular complexity index is 1750. The SMILES string of the molecule is Cc1ccc([N+](=O)[O-])cc1-n1cc(Cn2c(O)c(C3=Nc4ccccc4C3=O)c3ccccc32)nn1. The molecule has 0 radical (unpaired) electrons. The Labute approximate surface area is 203 Å². The summed E-state index contributed by atoms with van der Waals surface area (Å²) in [5.41, 5.74) is 4.15. The van der Waals surface area contributed by atoms with E-state index in [1.165, 1.54) is 16.8 Å². The number of ketones is 1. The number of nitro groups is 1. The number of benzene rings is 3. The average Bonchev–Trinajstić information content (AvgIpc) is 3.55. The van der Waals surface area contributed by atoms with Gasteiger partial charge in [0.05, 0.1) is 40.1 Å². The maximum absolute atomic E-state index is 13.1. The van der Waals surface area contributed by atoms with Gasteiger partial charge in [0.1, 0.15) is 11.4 Å². The minimum absolute atomic E-state index is 0.0469. The largest absolute Gasteiger partial charge is 0.494 e. The van der Waals surface area contributed by atoms with Gasteiger partial charge in [0.2, 0.25) is 11.7 Å². The lowest BCUT2D eigenvalue weighted by Gasteiger charge is -2.06. The van der Waals surface area contributed by atoms with Crippen molar-refractivity contribution in [3.05, 3.63) is 105 Å². The number of carbonyl (C=O) groups is 1. The highest BCUT2D eigenvalue weighted by Crippen LogP contribution is 2.37. The van der Waals surface area contributed by atoms with Crippen molar-refractivity contribution in [2.24, 2.45) is 4.99 Å². The molecule has 1 aliphatic heterocycles. The second-order valence-corrected chi connectivity index (χ2v) is 8.49. The van der Waals surface area contributed by atoms with Gasteiger partial charge < -0.3 is 9.67 Å². The number of nitrogens with zero attached hydrogens (tertiary/aromatic N) is 6. The monoisotopic (exact) mass is 478 g/mol. The van der Waals surface area contributed by atoms with Crippen LogP contribution in [0.5, 0.6) is 5.88 Å². The third-order valence-electron chi connectivity index (χ3n) is 6.29. The molecule has 2 aromatic heterocycles. The Balaban J connectivity index is 1.41. The molecule has 0 spiro atoms. The number of carbonyl (C=O) groups excluding carboxylic acids is 1. The number of fused-ring (bicyclic) bond motifs is 2. The summed E-state index contributed by atoms with van der Waals surface area (Å²) >= 11 is 0. The van der Waals surface area contributed by atoms with Gasteiger partial charge >= 0.3 is 0 Å². The minimum atomic E-state index is -0.461. The van der Waals surface area contributed by atoms with E-state index in [1.807, 2.05) is 37.3 Å². The molecule has 1 N–H and O–H groups in total. The number of aryl methyl sites for hydroxylation is 1. The number of hydrogen-bond donors (Lipinski definition) is 1. The summed E-state index contributed by atoms with van der Waals surface area (Å²) in [6.07, 6.45) is 1.66. The first-order valence-corrected chi connectivity index (χ1v) is 11.1. The lowest BCUT2D eigenvalue weighted by molar-refractivity contribution is -0.384. The van der Waals surface area contributed by atoms with Gasteiger partial charge in [-0.05, 0) is 30.7 Å². The van der Waals surface area contributed by atoms with Crippen molar-refractivity contribution in [2.75, 3.05) is 0 Å². The van der Waals surface area contributed by atoms with Gasteiger partial charge in [-0.25, -0.2) is 9.67 Å². The second kappa shape index (κ2) is 7.98. The van der Waals surface area contributed by atoms with Crippen LogP contribution in [0.3, 0.4) is 0 Å². The third-order valence-corrected chi connectivity index (χ3v) is 6.29. The van der Waals surface area contributed by atoms with Crippen molar-refractivity contribution in [3.63, 3.8) is 0 Å². The molecule has 0 saturated heterocycles. The quantitative estimate of drug-likeness (QED) is 0.292. The summed E-state index contributed by atoms with van der Waals surface area (Å²) in [4.78, 5) is 28.4. The van der Waals surface area contributed by atoms with Crippen molar-refractivity contribution in [2.45, 2.75) is 13.5 Å². The number of aliphatic imine (C=N–C) groups is 1. The van der Waals surface area contributed by atoms with E-state index in [0.717, 1.165) is 5.56 Å². The van der Waals surface area contributed by atoms with Crippen molar-refractivity contribution in [3.8, 4) is 11.6 Å². The summed E-state index contributed by atoms with van der Waals surface area (Å²) in [6, 6.07) is 19.0. The zero-order valence-corrected chi connectivity index (χ0v) is 19.0. The van der Waals surface area contributed by atoms with Crippen LogP contribution in [0, 0.1) is 17.0 Å². The molecule has 10 heteroatoms. The molecule has 0 saturated carbocycles. The Hall–Kier alpha value is -5.12. The van der Waals surface area contributed by atoms with Crippen LogP contribution in [0.4, 0.5) is 11.4 Å². The van der Waals surface area contributed by atoms with E-state index in [2.05, 4.69) is 15.3 Å². The van der Waals surface area contributed by atoms with Gasteiger partial charge in [-0.3, -0.25) is 14.9 Å². The van der Waals surface area contributed by atoms with E-state index in [9.17, 15) is 20.0 Å². The number of Topliss-reactive ketones (excluding diaryl/α,β-unsaturated/α-hetero) is 1. The number of para-hydroxylation sites is 2. The van der Waals surface area contributed by atoms with Crippen LogP contribution >= 0.6 is 0 Å². The van der Waals surface area contributed by atoms with Crippen LogP contribution in [0.25, 0.3) is 16.6 Å². The molecule has 36 heavy (non-hydrogen) atoms. The second-order valence-electron chi connectivity index (χ2n) is 8.49. The molecule has 3 heterocycles. The highest BCUT2D eigenvalue weighted by molar-refractivity contribution is 6.56. The summed E-state index contributed by atoms with van der Waals surface area (Å²) in [7, 11) is 0. The standard InChI is InChI=1S/C26H18N6O4/c1-15-10-11-17(32(35)36)12-22(15)31-14-16(28-29-31)13-30-21-9-5-3-7-19(21)23(26(30)34)24-25(33)18-6-2-4-8-20(18)27-24/h2-12,14,34H,13H2,1H3. The van der Waals surface area contributed by atoms with Crippen molar-refractivity contribution >= 4 is 33.8 Å². The van der Waals surface area contributed by atoms with Gasteiger partial charge in [-0.2, -0.15) is 0 Å². The van der Waals surface area contributed by atoms with E-state index >= 15 is 0 Å². The van der Waals surface area contributed by atoms with Gasteiger partial charge in [0.25, 0.3) is 5.69 Å². The number of nitro benzene ring substituents is 1. The lowest BCUT2D eigenvalue weighted by atomic mass is 10.0. The van der Waals surface area contributed by atoms with Crippen LogP contribution in [0.1, 0.15) is 27.2 Å². The Morgan fingerprint density at radius 1 is 1.06 bits per heavy atom. The first kappa shape index (κ1) is 21.4. The first-order valence-electron chi connectivity index (χ1n) is 11.1. The van der Waals surface area contributed by atoms with E-state index in [4.69, 9.17) is 0 Å².